The average Bonchev–Trinajstić information content (AvgIpc) is 3.59. The molecule has 2 unspecified atom stereocenters. The fraction of sp³-hybridized carbons (Fsp3) is 0.765. The average molecular weight is 567 g/mol. The van der Waals surface area contributed by atoms with Gasteiger partial charge in [-0.25, -0.2) is 0 Å². The van der Waals surface area contributed by atoms with Crippen LogP contribution in [0, 0.1) is 0 Å². The van der Waals surface area contributed by atoms with E-state index in [0.717, 1.165) is 32.5 Å². The Labute approximate surface area is 250 Å². The van der Waals surface area contributed by atoms with Crippen molar-refractivity contribution in [3.05, 3.63) is 40.2 Å². The predicted octanol–water partition coefficient (Wildman–Crippen LogP) is 7.98. The van der Waals surface area contributed by atoms with Gasteiger partial charge in [0.25, 0.3) is 0 Å². The number of nitrogens with zero attached hydrogens (tertiary/aromatic N) is 5. The molecule has 2 heterocycles. The Morgan fingerprint density at radius 1 is 0.878 bits per heavy atom. The second-order valence-electron chi connectivity index (χ2n) is 13.2. The number of aromatic nitrogens is 4. The molecular formula is C34H58N6O. The molecule has 2 atom stereocenters. The summed E-state index contributed by atoms with van der Waals surface area (Å²) in [5, 5.41) is 13.2. The Balaban J connectivity index is 1.61. The Hall–Kier alpha value is -2.28. The van der Waals surface area contributed by atoms with Crippen molar-refractivity contribution in [1.82, 2.24) is 25.1 Å². The van der Waals surface area contributed by atoms with E-state index < -0.39 is 11.9 Å². The van der Waals surface area contributed by atoms with Crippen molar-refractivity contribution in [1.29, 1.82) is 0 Å². The minimum atomic E-state index is -0.636. The lowest BCUT2D eigenvalue weighted by atomic mass is 9.77. The standard InChI is InChI=1S/C34H58N6O/c1-8-9-10-11-12-13-14-15-16-17-21-40-37-34(36-38-40)32(33(35)41)39-22-20-27(23-39)29-19-18-28(24(2)3)30(25(4)5)31(29)26(6)7/h18-19,24-27,32H,8-17,20-23H2,1-7H3,(H2,35,41). The number of primary amides is 1. The molecule has 0 aliphatic carbocycles. The number of hydrogen-bond acceptors (Lipinski definition) is 5. The molecule has 1 fully saturated rings. The van der Waals surface area contributed by atoms with Crippen LogP contribution in [-0.4, -0.2) is 44.1 Å². The molecule has 0 bridgehead atoms. The normalized spacial score (nSPS) is 16.9. The highest BCUT2D eigenvalue weighted by Crippen LogP contribution is 2.41. The minimum absolute atomic E-state index is 0.356. The molecular weight excluding hydrogens is 508 g/mol. The first-order valence-corrected chi connectivity index (χ1v) is 16.6. The Bertz CT molecular complexity index is 1080. The zero-order valence-electron chi connectivity index (χ0n) is 27.2. The number of rotatable bonds is 18. The van der Waals surface area contributed by atoms with E-state index in [1.807, 2.05) is 0 Å². The van der Waals surface area contributed by atoms with Gasteiger partial charge in [0.1, 0.15) is 0 Å². The summed E-state index contributed by atoms with van der Waals surface area (Å²) < 4.78 is 0. The summed E-state index contributed by atoms with van der Waals surface area (Å²) in [6, 6.07) is 4.06. The van der Waals surface area contributed by atoms with Crippen LogP contribution >= 0.6 is 0 Å². The fourth-order valence-corrected chi connectivity index (χ4v) is 6.76. The molecule has 0 saturated carbocycles. The van der Waals surface area contributed by atoms with Crippen LogP contribution in [0.2, 0.25) is 0 Å². The molecule has 1 aromatic carbocycles. The summed E-state index contributed by atoms with van der Waals surface area (Å²) in [5.74, 6) is 1.80. The first-order chi connectivity index (χ1) is 19.6. The molecule has 2 aromatic rings. The SMILES string of the molecule is CCCCCCCCCCCCn1nnc(C(C(N)=O)N2CCC(c3ccc(C(C)C)c(C(C)C)c3C(C)C)C2)n1. The van der Waals surface area contributed by atoms with Crippen molar-refractivity contribution < 1.29 is 4.79 Å². The maximum Gasteiger partial charge on any atom is 0.242 e. The zero-order valence-corrected chi connectivity index (χ0v) is 27.2. The number of tetrazole rings is 1. The molecule has 1 aromatic heterocycles. The lowest BCUT2D eigenvalue weighted by molar-refractivity contribution is -0.123. The van der Waals surface area contributed by atoms with E-state index >= 15 is 0 Å². The third-order valence-corrected chi connectivity index (χ3v) is 8.85. The maximum atomic E-state index is 12.7. The van der Waals surface area contributed by atoms with Crippen LogP contribution in [0.4, 0.5) is 0 Å². The highest BCUT2D eigenvalue weighted by atomic mass is 16.1. The maximum absolute atomic E-state index is 12.7. The predicted molar refractivity (Wildman–Crippen MR) is 169 cm³/mol. The largest absolute Gasteiger partial charge is 0.368 e. The van der Waals surface area contributed by atoms with Crippen LogP contribution in [0.25, 0.3) is 0 Å². The highest BCUT2D eigenvalue weighted by Gasteiger charge is 2.37. The van der Waals surface area contributed by atoms with Crippen molar-refractivity contribution in [3.8, 4) is 0 Å². The smallest absolute Gasteiger partial charge is 0.242 e. The molecule has 41 heavy (non-hydrogen) atoms. The van der Waals surface area contributed by atoms with Crippen molar-refractivity contribution in [3.63, 3.8) is 0 Å². The number of carbonyl (C=O) groups excluding carboxylic acids is 1. The van der Waals surface area contributed by atoms with Crippen LogP contribution in [-0.2, 0) is 11.3 Å². The van der Waals surface area contributed by atoms with Crippen LogP contribution in [0.3, 0.4) is 0 Å². The second kappa shape index (κ2) is 16.4. The van der Waals surface area contributed by atoms with Gasteiger partial charge in [-0.15, -0.1) is 10.2 Å². The monoisotopic (exact) mass is 566 g/mol. The molecule has 230 valence electrons. The van der Waals surface area contributed by atoms with E-state index in [1.54, 1.807) is 4.80 Å². The van der Waals surface area contributed by atoms with Crippen LogP contribution in [0.5, 0.6) is 0 Å². The third kappa shape index (κ3) is 9.10. The fourth-order valence-electron chi connectivity index (χ4n) is 6.76. The number of unbranched alkanes of at least 4 members (excludes halogenated alkanes) is 9. The van der Waals surface area contributed by atoms with Crippen LogP contribution in [0.15, 0.2) is 12.1 Å². The lowest BCUT2D eigenvalue weighted by Gasteiger charge is -2.28. The van der Waals surface area contributed by atoms with E-state index in [9.17, 15) is 4.79 Å². The number of carbonyl (C=O) groups is 1. The first kappa shape index (κ1) is 33.2. The quantitative estimate of drug-likeness (QED) is 0.185. The van der Waals surface area contributed by atoms with Gasteiger partial charge in [-0.1, -0.05) is 118 Å². The summed E-state index contributed by atoms with van der Waals surface area (Å²) >= 11 is 0. The van der Waals surface area contributed by atoms with Crippen molar-refractivity contribution >= 4 is 5.91 Å². The van der Waals surface area contributed by atoms with E-state index in [0.29, 0.717) is 29.5 Å². The summed E-state index contributed by atoms with van der Waals surface area (Å²) in [7, 11) is 0. The zero-order chi connectivity index (χ0) is 29.9. The van der Waals surface area contributed by atoms with Gasteiger partial charge >= 0.3 is 0 Å². The van der Waals surface area contributed by atoms with Gasteiger partial charge in [0.05, 0.1) is 6.54 Å². The molecule has 1 amide bonds. The summed E-state index contributed by atoms with van der Waals surface area (Å²) in [6.07, 6.45) is 13.9. The highest BCUT2D eigenvalue weighted by molar-refractivity contribution is 5.80. The molecule has 1 saturated heterocycles. The van der Waals surface area contributed by atoms with E-state index in [1.165, 1.54) is 80.0 Å². The number of benzene rings is 1. The molecule has 2 N–H and O–H groups in total. The van der Waals surface area contributed by atoms with Gasteiger partial charge in [-0.05, 0) is 70.5 Å². The summed E-state index contributed by atoms with van der Waals surface area (Å²) in [4.78, 5) is 16.5. The summed E-state index contributed by atoms with van der Waals surface area (Å²) in [5.41, 5.74) is 11.8. The molecule has 1 aliphatic rings. The molecule has 1 aliphatic heterocycles. The number of aryl methyl sites for hydroxylation is 1. The molecule has 0 radical (unpaired) electrons. The second-order valence-corrected chi connectivity index (χ2v) is 13.2. The van der Waals surface area contributed by atoms with Gasteiger partial charge in [0.2, 0.25) is 11.7 Å². The Morgan fingerprint density at radius 2 is 1.49 bits per heavy atom. The van der Waals surface area contributed by atoms with Crippen molar-refractivity contribution in [2.45, 2.75) is 155 Å². The number of likely N-dealkylation sites (tertiary alicyclic amines) is 1. The third-order valence-electron chi connectivity index (χ3n) is 8.85. The van der Waals surface area contributed by atoms with Crippen LogP contribution in [0.1, 0.15) is 177 Å². The minimum Gasteiger partial charge on any atom is -0.368 e. The lowest BCUT2D eigenvalue weighted by Crippen LogP contribution is -2.37. The summed E-state index contributed by atoms with van der Waals surface area (Å²) in [6.45, 7) is 18.4. The van der Waals surface area contributed by atoms with Gasteiger partial charge in [0.15, 0.2) is 6.04 Å². The van der Waals surface area contributed by atoms with Crippen molar-refractivity contribution in [2.24, 2.45) is 5.73 Å². The van der Waals surface area contributed by atoms with Gasteiger partial charge < -0.3 is 5.73 Å². The topological polar surface area (TPSA) is 89.9 Å². The van der Waals surface area contributed by atoms with Gasteiger partial charge in [-0.2, -0.15) is 4.80 Å². The van der Waals surface area contributed by atoms with E-state index in [2.05, 4.69) is 80.9 Å². The molecule has 0 spiro atoms. The Morgan fingerprint density at radius 3 is 2.05 bits per heavy atom. The molecule has 7 heteroatoms. The molecule has 3 rings (SSSR count). The van der Waals surface area contributed by atoms with E-state index in [4.69, 9.17) is 5.73 Å². The number of nitrogens with two attached hydrogens (primary N) is 1. The van der Waals surface area contributed by atoms with Crippen LogP contribution < -0.4 is 5.73 Å². The Kier molecular flexibility index (Phi) is 13.3. The molecule has 7 nitrogen and oxygen atoms in total. The first-order valence-electron chi connectivity index (χ1n) is 16.6. The van der Waals surface area contributed by atoms with Gasteiger partial charge in [-0.3, -0.25) is 9.69 Å². The number of amides is 1. The van der Waals surface area contributed by atoms with Crippen molar-refractivity contribution in [2.75, 3.05) is 13.1 Å². The van der Waals surface area contributed by atoms with E-state index in [-0.39, 0.29) is 0 Å². The van der Waals surface area contributed by atoms with Gasteiger partial charge in [0, 0.05) is 6.54 Å². The number of hydrogen-bond donors (Lipinski definition) is 1.